The van der Waals surface area contributed by atoms with Gasteiger partial charge in [0.1, 0.15) is 11.5 Å². The Bertz CT molecular complexity index is 405. The molecule has 0 unspecified atom stereocenters. The van der Waals surface area contributed by atoms with E-state index >= 15 is 0 Å². The van der Waals surface area contributed by atoms with Gasteiger partial charge in [-0.15, -0.1) is 0 Å². The molecule has 0 saturated heterocycles. The van der Waals surface area contributed by atoms with Crippen LogP contribution in [0.2, 0.25) is 0 Å². The van der Waals surface area contributed by atoms with Crippen molar-refractivity contribution < 1.29 is 9.47 Å². The average molecular weight is 330 g/mol. The molecule has 4 heteroatoms. The van der Waals surface area contributed by atoms with Crippen molar-refractivity contribution in [3.8, 4) is 11.5 Å². The molecule has 0 atom stereocenters. The maximum absolute atomic E-state index is 5.89. The van der Waals surface area contributed by atoms with Gasteiger partial charge in [0.15, 0.2) is 0 Å². The second kappa shape index (κ2) is 7.15. The van der Waals surface area contributed by atoms with E-state index in [0.717, 1.165) is 22.5 Å². The number of ether oxygens (including phenoxy) is 2. The number of hydrogen-bond donors (Lipinski definition) is 1. The predicted octanol–water partition coefficient (Wildman–Crippen LogP) is 3.86. The maximum atomic E-state index is 5.89. The summed E-state index contributed by atoms with van der Waals surface area (Å²) in [6, 6.07) is 6.23. The Kier molecular flexibility index (Phi) is 6.14. The largest absolute Gasteiger partial charge is 0.497 e. The van der Waals surface area contributed by atoms with Crippen molar-refractivity contribution in [2.75, 3.05) is 20.3 Å². The fourth-order valence-electron chi connectivity index (χ4n) is 1.53. The summed E-state index contributed by atoms with van der Waals surface area (Å²) in [7, 11) is 1.66. The lowest BCUT2D eigenvalue weighted by Gasteiger charge is -2.26. The maximum Gasteiger partial charge on any atom is 0.133 e. The number of nitrogens with one attached hydrogen (secondary N) is 1. The molecule has 0 aliphatic heterocycles. The molecule has 0 bridgehead atoms. The van der Waals surface area contributed by atoms with Gasteiger partial charge in [0, 0.05) is 18.0 Å². The zero-order chi connectivity index (χ0) is 14.5. The molecular formula is C15H24BrNO2. The van der Waals surface area contributed by atoms with Gasteiger partial charge in [0.05, 0.1) is 18.2 Å². The van der Waals surface area contributed by atoms with Crippen LogP contribution in [0.4, 0.5) is 0 Å². The van der Waals surface area contributed by atoms with E-state index in [4.69, 9.17) is 9.47 Å². The van der Waals surface area contributed by atoms with Crippen molar-refractivity contribution >= 4 is 15.9 Å². The molecule has 0 aliphatic rings. The van der Waals surface area contributed by atoms with Gasteiger partial charge in [-0.3, -0.25) is 0 Å². The smallest absolute Gasteiger partial charge is 0.133 e. The standard InChI is InChI=1S/C15H24BrNO2/c1-11(2)17-9-15(3,4)10-19-14-7-6-12(18-5)8-13(14)16/h6-8,11,17H,9-10H2,1-5H3. The highest BCUT2D eigenvalue weighted by Crippen LogP contribution is 2.30. The van der Waals surface area contributed by atoms with Gasteiger partial charge in [0.2, 0.25) is 0 Å². The van der Waals surface area contributed by atoms with Crippen LogP contribution in [0.1, 0.15) is 27.7 Å². The van der Waals surface area contributed by atoms with Crippen LogP contribution in [-0.2, 0) is 0 Å². The molecule has 1 N–H and O–H groups in total. The topological polar surface area (TPSA) is 30.5 Å². The van der Waals surface area contributed by atoms with E-state index in [0.29, 0.717) is 12.6 Å². The Hall–Kier alpha value is -0.740. The minimum atomic E-state index is 0.0869. The quantitative estimate of drug-likeness (QED) is 0.823. The molecule has 0 aliphatic carbocycles. The first-order chi connectivity index (χ1) is 8.84. The second-order valence-corrected chi connectivity index (χ2v) is 6.64. The van der Waals surface area contributed by atoms with Crippen molar-refractivity contribution in [2.45, 2.75) is 33.7 Å². The average Bonchev–Trinajstić information content (AvgIpc) is 2.35. The molecule has 0 amide bonds. The van der Waals surface area contributed by atoms with Crippen LogP contribution in [0.25, 0.3) is 0 Å². The summed E-state index contributed by atoms with van der Waals surface area (Å²) < 4.78 is 12.0. The highest BCUT2D eigenvalue weighted by Gasteiger charge is 2.19. The first-order valence-corrected chi connectivity index (χ1v) is 7.33. The van der Waals surface area contributed by atoms with Gasteiger partial charge in [0.25, 0.3) is 0 Å². The number of hydrogen-bond acceptors (Lipinski definition) is 3. The van der Waals surface area contributed by atoms with Crippen LogP contribution in [0.15, 0.2) is 22.7 Å². The summed E-state index contributed by atoms with van der Waals surface area (Å²) in [5.74, 6) is 1.67. The number of halogens is 1. The van der Waals surface area contributed by atoms with Crippen molar-refractivity contribution in [1.29, 1.82) is 0 Å². The van der Waals surface area contributed by atoms with E-state index in [1.54, 1.807) is 7.11 Å². The molecule has 1 rings (SSSR count). The van der Waals surface area contributed by atoms with Crippen LogP contribution >= 0.6 is 15.9 Å². The fourth-order valence-corrected chi connectivity index (χ4v) is 2.00. The molecule has 0 spiro atoms. The monoisotopic (exact) mass is 329 g/mol. The Balaban J connectivity index is 2.56. The van der Waals surface area contributed by atoms with Crippen molar-refractivity contribution in [3.63, 3.8) is 0 Å². The molecule has 19 heavy (non-hydrogen) atoms. The summed E-state index contributed by atoms with van der Waals surface area (Å²) in [5, 5.41) is 3.44. The van der Waals surface area contributed by atoms with E-state index < -0.39 is 0 Å². The van der Waals surface area contributed by atoms with Gasteiger partial charge in [-0.05, 0) is 34.1 Å². The zero-order valence-corrected chi connectivity index (χ0v) is 14.0. The predicted molar refractivity (Wildman–Crippen MR) is 83.1 cm³/mol. The van der Waals surface area contributed by atoms with Crippen LogP contribution < -0.4 is 14.8 Å². The lowest BCUT2D eigenvalue weighted by Crippen LogP contribution is -2.37. The zero-order valence-electron chi connectivity index (χ0n) is 12.4. The van der Waals surface area contributed by atoms with Crippen molar-refractivity contribution in [3.05, 3.63) is 22.7 Å². The van der Waals surface area contributed by atoms with E-state index in [1.807, 2.05) is 18.2 Å². The number of rotatable bonds is 7. The highest BCUT2D eigenvalue weighted by molar-refractivity contribution is 9.10. The SMILES string of the molecule is COc1ccc(OCC(C)(C)CNC(C)C)c(Br)c1. The lowest BCUT2D eigenvalue weighted by atomic mass is 9.94. The molecule has 0 saturated carbocycles. The molecule has 1 aromatic rings. The van der Waals surface area contributed by atoms with Crippen molar-refractivity contribution in [1.82, 2.24) is 5.32 Å². The fraction of sp³-hybridized carbons (Fsp3) is 0.600. The molecular weight excluding hydrogens is 306 g/mol. The Morgan fingerprint density at radius 1 is 1.32 bits per heavy atom. The highest BCUT2D eigenvalue weighted by atomic mass is 79.9. The summed E-state index contributed by atoms with van der Waals surface area (Å²) in [4.78, 5) is 0. The number of methoxy groups -OCH3 is 1. The molecule has 0 radical (unpaired) electrons. The molecule has 0 heterocycles. The van der Waals surface area contributed by atoms with E-state index in [9.17, 15) is 0 Å². The van der Waals surface area contributed by atoms with E-state index in [-0.39, 0.29) is 5.41 Å². The lowest BCUT2D eigenvalue weighted by molar-refractivity contribution is 0.172. The Morgan fingerprint density at radius 3 is 2.53 bits per heavy atom. The molecule has 3 nitrogen and oxygen atoms in total. The van der Waals surface area contributed by atoms with Gasteiger partial charge in [-0.1, -0.05) is 27.7 Å². The normalized spacial score (nSPS) is 11.7. The van der Waals surface area contributed by atoms with Gasteiger partial charge in [-0.25, -0.2) is 0 Å². The van der Waals surface area contributed by atoms with E-state index in [1.165, 1.54) is 0 Å². The first-order valence-electron chi connectivity index (χ1n) is 6.54. The van der Waals surface area contributed by atoms with Gasteiger partial charge in [-0.2, -0.15) is 0 Å². The third-order valence-electron chi connectivity index (χ3n) is 2.75. The van der Waals surface area contributed by atoms with Crippen molar-refractivity contribution in [2.24, 2.45) is 5.41 Å². The van der Waals surface area contributed by atoms with Gasteiger partial charge >= 0.3 is 0 Å². The minimum absolute atomic E-state index is 0.0869. The second-order valence-electron chi connectivity index (χ2n) is 5.78. The Morgan fingerprint density at radius 2 is 2.00 bits per heavy atom. The van der Waals surface area contributed by atoms with Crippen LogP contribution in [0.3, 0.4) is 0 Å². The molecule has 0 fully saturated rings. The molecule has 1 aromatic carbocycles. The van der Waals surface area contributed by atoms with Crippen LogP contribution in [0.5, 0.6) is 11.5 Å². The summed E-state index contributed by atoms with van der Waals surface area (Å²) in [6.07, 6.45) is 0. The minimum Gasteiger partial charge on any atom is -0.497 e. The summed E-state index contributed by atoms with van der Waals surface area (Å²) in [5.41, 5.74) is 0.0869. The number of benzene rings is 1. The van der Waals surface area contributed by atoms with Gasteiger partial charge < -0.3 is 14.8 Å². The first kappa shape index (κ1) is 16.3. The van der Waals surface area contributed by atoms with Crippen LogP contribution in [-0.4, -0.2) is 26.3 Å². The molecule has 0 aromatic heterocycles. The third kappa shape index (κ3) is 5.83. The summed E-state index contributed by atoms with van der Waals surface area (Å²) >= 11 is 3.50. The van der Waals surface area contributed by atoms with E-state index in [2.05, 4.69) is 48.9 Å². The third-order valence-corrected chi connectivity index (χ3v) is 3.37. The summed E-state index contributed by atoms with van der Waals surface area (Å²) in [6.45, 7) is 10.3. The molecule has 108 valence electrons. The van der Waals surface area contributed by atoms with Crippen LogP contribution in [0, 0.1) is 5.41 Å². The Labute approximate surface area is 124 Å².